The van der Waals surface area contributed by atoms with E-state index >= 15 is 0 Å². The van der Waals surface area contributed by atoms with E-state index in [1.54, 1.807) is 7.11 Å². The van der Waals surface area contributed by atoms with E-state index in [1.165, 1.54) is 6.42 Å². The zero-order chi connectivity index (χ0) is 22.1. The molecule has 0 aliphatic carbocycles. The minimum absolute atomic E-state index is 0.154. The largest absolute Gasteiger partial charge is 0.497 e. The minimum Gasteiger partial charge on any atom is -0.497 e. The molecule has 0 unspecified atom stereocenters. The summed E-state index contributed by atoms with van der Waals surface area (Å²) in [5, 5.41) is 0.662. The molecule has 7 heteroatoms. The van der Waals surface area contributed by atoms with Crippen LogP contribution in [-0.4, -0.2) is 54.1 Å². The highest BCUT2D eigenvalue weighted by Gasteiger charge is 2.29. The topological polar surface area (TPSA) is 61.5 Å². The molecule has 5 rings (SSSR count). The van der Waals surface area contributed by atoms with Gasteiger partial charge in [0.05, 0.1) is 23.2 Å². The Kier molecular flexibility index (Phi) is 5.96. The third-order valence-corrected chi connectivity index (χ3v) is 7.10. The molecule has 1 N–H and O–H groups in total. The molecule has 0 saturated carbocycles. The molecule has 0 radical (unpaired) electrons. The van der Waals surface area contributed by atoms with Gasteiger partial charge in [-0.3, -0.25) is 4.79 Å². The Balaban J connectivity index is 1.32. The number of halogens is 1. The Morgan fingerprint density at radius 1 is 1.06 bits per heavy atom. The van der Waals surface area contributed by atoms with Gasteiger partial charge in [0, 0.05) is 49.4 Å². The number of nitrogens with zero attached hydrogens (tertiary/aromatic N) is 3. The van der Waals surface area contributed by atoms with E-state index in [9.17, 15) is 4.79 Å². The highest BCUT2D eigenvalue weighted by atomic mass is 35.5. The SMILES string of the molecule is COc1ccc2[nH]c(-c3cc(N4CCC(C(=O)N5CCCCC5)CC4)ccc3Cl)nc2c1. The van der Waals surface area contributed by atoms with Crippen molar-refractivity contribution in [2.45, 2.75) is 32.1 Å². The van der Waals surface area contributed by atoms with Crippen molar-refractivity contribution in [1.29, 1.82) is 0 Å². The number of amides is 1. The van der Waals surface area contributed by atoms with Crippen LogP contribution in [0.2, 0.25) is 5.02 Å². The number of fused-ring (bicyclic) bond motifs is 1. The van der Waals surface area contributed by atoms with E-state index in [4.69, 9.17) is 21.3 Å². The van der Waals surface area contributed by atoms with Crippen LogP contribution in [0.1, 0.15) is 32.1 Å². The molecule has 1 aromatic heterocycles. The molecule has 1 amide bonds. The summed E-state index contributed by atoms with van der Waals surface area (Å²) in [6.07, 6.45) is 5.34. The lowest BCUT2D eigenvalue weighted by molar-refractivity contribution is -0.137. The maximum absolute atomic E-state index is 12.9. The number of anilines is 1. The summed E-state index contributed by atoms with van der Waals surface area (Å²) in [5.74, 6) is 2.04. The molecule has 0 spiro atoms. The van der Waals surface area contributed by atoms with Crippen LogP contribution in [0.5, 0.6) is 5.75 Å². The summed E-state index contributed by atoms with van der Waals surface area (Å²) in [5.41, 5.74) is 3.79. The van der Waals surface area contributed by atoms with Crippen molar-refractivity contribution in [3.05, 3.63) is 41.4 Å². The number of hydrogen-bond donors (Lipinski definition) is 1. The third kappa shape index (κ3) is 4.16. The van der Waals surface area contributed by atoms with E-state index in [0.717, 1.165) is 85.7 Å². The highest BCUT2D eigenvalue weighted by Crippen LogP contribution is 2.34. The first-order chi connectivity index (χ1) is 15.6. The molecular weight excluding hydrogens is 424 g/mol. The zero-order valence-corrected chi connectivity index (χ0v) is 19.2. The van der Waals surface area contributed by atoms with Crippen molar-refractivity contribution >= 4 is 34.2 Å². The number of likely N-dealkylation sites (tertiary alicyclic amines) is 1. The average molecular weight is 453 g/mol. The molecule has 2 aromatic carbocycles. The first kappa shape index (κ1) is 21.1. The Hall–Kier alpha value is -2.73. The average Bonchev–Trinajstić information content (AvgIpc) is 3.27. The number of imidazole rings is 1. The maximum atomic E-state index is 12.9. The third-order valence-electron chi connectivity index (χ3n) is 6.77. The van der Waals surface area contributed by atoms with E-state index in [-0.39, 0.29) is 5.92 Å². The van der Waals surface area contributed by atoms with Crippen LogP contribution in [0.15, 0.2) is 36.4 Å². The van der Waals surface area contributed by atoms with Gasteiger partial charge in [-0.15, -0.1) is 0 Å². The van der Waals surface area contributed by atoms with Crippen molar-refractivity contribution in [3.63, 3.8) is 0 Å². The Morgan fingerprint density at radius 3 is 2.59 bits per heavy atom. The van der Waals surface area contributed by atoms with E-state index < -0.39 is 0 Å². The molecule has 3 aromatic rings. The number of nitrogens with one attached hydrogen (secondary N) is 1. The van der Waals surface area contributed by atoms with Gasteiger partial charge in [0.2, 0.25) is 5.91 Å². The molecule has 2 saturated heterocycles. The predicted molar refractivity (Wildman–Crippen MR) is 128 cm³/mol. The van der Waals surface area contributed by atoms with Crippen LogP contribution in [-0.2, 0) is 4.79 Å². The van der Waals surface area contributed by atoms with Crippen LogP contribution in [0.4, 0.5) is 5.69 Å². The Labute approximate surface area is 193 Å². The second-order valence-corrected chi connectivity index (χ2v) is 9.19. The van der Waals surface area contributed by atoms with Crippen LogP contribution in [0.25, 0.3) is 22.4 Å². The highest BCUT2D eigenvalue weighted by molar-refractivity contribution is 6.33. The molecule has 2 aliphatic rings. The number of piperidine rings is 2. The maximum Gasteiger partial charge on any atom is 0.225 e. The molecule has 2 fully saturated rings. The first-order valence-electron chi connectivity index (χ1n) is 11.5. The number of H-pyrrole nitrogens is 1. The lowest BCUT2D eigenvalue weighted by Crippen LogP contribution is -2.44. The van der Waals surface area contributed by atoms with Crippen molar-refractivity contribution in [2.75, 3.05) is 38.2 Å². The van der Waals surface area contributed by atoms with E-state index in [0.29, 0.717) is 10.9 Å². The molecule has 0 bridgehead atoms. The van der Waals surface area contributed by atoms with Crippen molar-refractivity contribution in [3.8, 4) is 17.1 Å². The van der Waals surface area contributed by atoms with Crippen LogP contribution in [0, 0.1) is 5.92 Å². The number of rotatable bonds is 4. The van der Waals surface area contributed by atoms with Crippen LogP contribution >= 0.6 is 11.6 Å². The number of carbonyl (C=O) groups excluding carboxylic acids is 1. The number of aromatic amines is 1. The van der Waals surface area contributed by atoms with Gasteiger partial charge in [0.15, 0.2) is 0 Å². The molecule has 168 valence electrons. The summed E-state index contributed by atoms with van der Waals surface area (Å²) in [4.78, 5) is 25.4. The van der Waals surface area contributed by atoms with Gasteiger partial charge in [-0.05, 0) is 62.4 Å². The van der Waals surface area contributed by atoms with Crippen LogP contribution < -0.4 is 9.64 Å². The van der Waals surface area contributed by atoms with Crippen molar-refractivity contribution < 1.29 is 9.53 Å². The van der Waals surface area contributed by atoms with Gasteiger partial charge < -0.3 is 19.5 Å². The second kappa shape index (κ2) is 9.02. The fourth-order valence-corrected chi connectivity index (χ4v) is 5.10. The molecule has 32 heavy (non-hydrogen) atoms. The standard InChI is InChI=1S/C25H29ClN4O2/c1-32-19-6-8-22-23(16-19)28-24(27-22)20-15-18(5-7-21(20)26)29-13-9-17(10-14-29)25(31)30-11-3-2-4-12-30/h5-8,15-17H,2-4,9-14H2,1H3,(H,27,28). The van der Waals surface area contributed by atoms with Crippen molar-refractivity contribution in [1.82, 2.24) is 14.9 Å². The number of carbonyl (C=O) groups is 1. The van der Waals surface area contributed by atoms with Gasteiger partial charge in [-0.2, -0.15) is 0 Å². The fourth-order valence-electron chi connectivity index (χ4n) is 4.89. The second-order valence-electron chi connectivity index (χ2n) is 8.78. The number of hydrogen-bond acceptors (Lipinski definition) is 4. The Morgan fingerprint density at radius 2 is 1.84 bits per heavy atom. The quantitative estimate of drug-likeness (QED) is 0.596. The van der Waals surface area contributed by atoms with Gasteiger partial charge in [-0.1, -0.05) is 11.6 Å². The Bertz CT molecular complexity index is 1110. The van der Waals surface area contributed by atoms with E-state index in [2.05, 4.69) is 26.9 Å². The summed E-state index contributed by atoms with van der Waals surface area (Å²) in [6.45, 7) is 3.62. The molecule has 6 nitrogen and oxygen atoms in total. The van der Waals surface area contributed by atoms with Gasteiger partial charge in [0.25, 0.3) is 0 Å². The molecular formula is C25H29ClN4O2. The van der Waals surface area contributed by atoms with Gasteiger partial charge in [0.1, 0.15) is 11.6 Å². The number of methoxy groups -OCH3 is 1. The summed E-state index contributed by atoms with van der Waals surface area (Å²) < 4.78 is 5.31. The smallest absolute Gasteiger partial charge is 0.225 e. The predicted octanol–water partition coefficient (Wildman–Crippen LogP) is 5.12. The van der Waals surface area contributed by atoms with Crippen LogP contribution in [0.3, 0.4) is 0 Å². The fraction of sp³-hybridized carbons (Fsp3) is 0.440. The monoisotopic (exact) mass is 452 g/mol. The molecule has 2 aliphatic heterocycles. The molecule has 3 heterocycles. The van der Waals surface area contributed by atoms with Gasteiger partial charge >= 0.3 is 0 Å². The normalized spacial score (nSPS) is 17.7. The number of aromatic nitrogens is 2. The minimum atomic E-state index is 0.154. The summed E-state index contributed by atoms with van der Waals surface area (Å²) in [6, 6.07) is 11.9. The van der Waals surface area contributed by atoms with E-state index in [1.807, 2.05) is 24.3 Å². The number of benzene rings is 2. The van der Waals surface area contributed by atoms with Crippen molar-refractivity contribution in [2.24, 2.45) is 5.92 Å². The first-order valence-corrected chi connectivity index (χ1v) is 11.9. The lowest BCUT2D eigenvalue weighted by Gasteiger charge is -2.36. The summed E-state index contributed by atoms with van der Waals surface area (Å²) in [7, 11) is 1.65. The number of ether oxygens (including phenoxy) is 1. The van der Waals surface area contributed by atoms with Gasteiger partial charge in [-0.25, -0.2) is 4.98 Å². The summed E-state index contributed by atoms with van der Waals surface area (Å²) >= 11 is 6.55. The zero-order valence-electron chi connectivity index (χ0n) is 18.4. The molecule has 0 atom stereocenters. The lowest BCUT2D eigenvalue weighted by atomic mass is 9.94.